The molecule has 9 nitrogen and oxygen atoms in total. The number of alkyl halides is 3. The van der Waals surface area contributed by atoms with Crippen LogP contribution < -0.4 is 0 Å². The van der Waals surface area contributed by atoms with Crippen molar-refractivity contribution in [2.75, 3.05) is 13.7 Å². The number of carbonyl (C=O) groups is 2. The second-order valence-corrected chi connectivity index (χ2v) is 5.86. The van der Waals surface area contributed by atoms with Crippen LogP contribution in [0.25, 0.3) is 5.82 Å². The maximum atomic E-state index is 12.6. The Kier molecular flexibility index (Phi) is 4.83. The van der Waals surface area contributed by atoms with Gasteiger partial charge in [0.1, 0.15) is 6.04 Å². The van der Waals surface area contributed by atoms with Gasteiger partial charge in [0.2, 0.25) is 0 Å². The highest BCUT2D eigenvalue weighted by Gasteiger charge is 2.41. The number of rotatable bonds is 4. The van der Waals surface area contributed by atoms with E-state index < -0.39 is 35.8 Å². The molecule has 0 spiro atoms. The number of ether oxygens (including phenoxy) is 1. The SMILES string of the molecule is COC1CC(C(=O)O)N(C(=O)c2cn(-c3ccc(C(F)(F)F)cn3)nn2)C1. The third-order valence-electron chi connectivity index (χ3n) is 4.16. The van der Waals surface area contributed by atoms with Crippen LogP contribution in [0.2, 0.25) is 0 Å². The van der Waals surface area contributed by atoms with Gasteiger partial charge >= 0.3 is 12.1 Å². The van der Waals surface area contributed by atoms with Gasteiger partial charge in [-0.25, -0.2) is 14.5 Å². The highest BCUT2D eigenvalue weighted by Crippen LogP contribution is 2.28. The van der Waals surface area contributed by atoms with E-state index in [0.29, 0.717) is 6.20 Å². The van der Waals surface area contributed by atoms with Crippen molar-refractivity contribution < 1.29 is 32.6 Å². The monoisotopic (exact) mass is 385 g/mol. The van der Waals surface area contributed by atoms with Gasteiger partial charge in [0.05, 0.1) is 17.9 Å². The maximum Gasteiger partial charge on any atom is 0.417 e. The van der Waals surface area contributed by atoms with Gasteiger partial charge in [-0.2, -0.15) is 13.2 Å². The van der Waals surface area contributed by atoms with Crippen molar-refractivity contribution in [3.05, 3.63) is 35.8 Å². The minimum atomic E-state index is -4.52. The van der Waals surface area contributed by atoms with Gasteiger partial charge in [0.15, 0.2) is 11.5 Å². The fourth-order valence-corrected chi connectivity index (χ4v) is 2.74. The molecule has 12 heteroatoms. The Morgan fingerprint density at radius 1 is 1.33 bits per heavy atom. The molecule has 3 heterocycles. The molecule has 1 N–H and O–H groups in total. The van der Waals surface area contributed by atoms with Crippen molar-refractivity contribution in [3.63, 3.8) is 0 Å². The summed E-state index contributed by atoms with van der Waals surface area (Å²) in [4.78, 5) is 28.7. The zero-order valence-electron chi connectivity index (χ0n) is 13.9. The first-order chi connectivity index (χ1) is 12.7. The molecule has 0 saturated carbocycles. The van der Waals surface area contributed by atoms with Crippen LogP contribution in [0.3, 0.4) is 0 Å². The van der Waals surface area contributed by atoms with Crippen LogP contribution in [0.4, 0.5) is 13.2 Å². The number of nitrogens with zero attached hydrogens (tertiary/aromatic N) is 5. The lowest BCUT2D eigenvalue weighted by Crippen LogP contribution is -2.40. The Bertz CT molecular complexity index is 852. The lowest BCUT2D eigenvalue weighted by molar-refractivity contribution is -0.141. The van der Waals surface area contributed by atoms with Gasteiger partial charge in [0.25, 0.3) is 5.91 Å². The molecule has 3 rings (SSSR count). The molecular weight excluding hydrogens is 371 g/mol. The molecule has 144 valence electrons. The Morgan fingerprint density at radius 2 is 2.07 bits per heavy atom. The van der Waals surface area contributed by atoms with E-state index in [1.807, 2.05) is 0 Å². The summed E-state index contributed by atoms with van der Waals surface area (Å²) in [6.45, 7) is 0.0810. The average molecular weight is 385 g/mol. The van der Waals surface area contributed by atoms with Crippen LogP contribution in [0.15, 0.2) is 24.5 Å². The smallest absolute Gasteiger partial charge is 0.417 e. The average Bonchev–Trinajstić information content (AvgIpc) is 3.28. The van der Waals surface area contributed by atoms with E-state index in [0.717, 1.165) is 21.7 Å². The molecule has 1 amide bonds. The van der Waals surface area contributed by atoms with Crippen LogP contribution in [0.5, 0.6) is 0 Å². The first-order valence-electron chi connectivity index (χ1n) is 7.73. The zero-order chi connectivity index (χ0) is 19.8. The van der Waals surface area contributed by atoms with Gasteiger partial charge < -0.3 is 14.7 Å². The van der Waals surface area contributed by atoms with Gasteiger partial charge in [-0.15, -0.1) is 5.10 Å². The van der Waals surface area contributed by atoms with Crippen LogP contribution in [0, 0.1) is 0 Å². The number of carboxylic acid groups (broad SMARTS) is 1. The third-order valence-corrected chi connectivity index (χ3v) is 4.16. The van der Waals surface area contributed by atoms with E-state index in [1.54, 1.807) is 0 Å². The molecule has 1 aliphatic rings. The van der Waals surface area contributed by atoms with Crippen molar-refractivity contribution in [1.29, 1.82) is 0 Å². The predicted molar refractivity (Wildman–Crippen MR) is 82.0 cm³/mol. The highest BCUT2D eigenvalue weighted by atomic mass is 19.4. The van der Waals surface area contributed by atoms with E-state index in [1.165, 1.54) is 13.3 Å². The van der Waals surface area contributed by atoms with Crippen LogP contribution in [-0.4, -0.2) is 67.7 Å². The molecule has 2 aromatic heterocycles. The van der Waals surface area contributed by atoms with E-state index >= 15 is 0 Å². The van der Waals surface area contributed by atoms with Crippen molar-refractivity contribution in [3.8, 4) is 5.82 Å². The number of hydrogen-bond acceptors (Lipinski definition) is 6. The maximum absolute atomic E-state index is 12.6. The number of methoxy groups -OCH3 is 1. The van der Waals surface area contributed by atoms with Crippen molar-refractivity contribution in [2.45, 2.75) is 24.7 Å². The summed E-state index contributed by atoms with van der Waals surface area (Å²) in [5.41, 5.74) is -1.07. The molecule has 1 fully saturated rings. The zero-order valence-corrected chi connectivity index (χ0v) is 13.9. The molecule has 2 unspecified atom stereocenters. The first-order valence-corrected chi connectivity index (χ1v) is 7.73. The Morgan fingerprint density at radius 3 is 2.63 bits per heavy atom. The number of aromatic nitrogens is 4. The van der Waals surface area contributed by atoms with Gasteiger partial charge in [-0.1, -0.05) is 5.21 Å². The fraction of sp³-hybridized carbons (Fsp3) is 0.400. The summed E-state index contributed by atoms with van der Waals surface area (Å²) < 4.78 is 43.9. The fourth-order valence-electron chi connectivity index (χ4n) is 2.74. The minimum Gasteiger partial charge on any atom is -0.480 e. The molecule has 2 aromatic rings. The second-order valence-electron chi connectivity index (χ2n) is 5.86. The second kappa shape index (κ2) is 6.95. The molecule has 2 atom stereocenters. The summed E-state index contributed by atoms with van der Waals surface area (Å²) in [6.07, 6.45) is -2.97. The molecule has 0 radical (unpaired) electrons. The third kappa shape index (κ3) is 3.74. The van der Waals surface area contributed by atoms with Gasteiger partial charge in [0, 0.05) is 26.3 Å². The summed E-state index contributed by atoms with van der Waals surface area (Å²) in [5.74, 6) is -1.81. The summed E-state index contributed by atoms with van der Waals surface area (Å²) in [6, 6.07) is 0.856. The number of carboxylic acids is 1. The van der Waals surface area contributed by atoms with Gasteiger partial charge in [-0.3, -0.25) is 4.79 Å². The number of halogens is 3. The molecule has 1 aliphatic heterocycles. The van der Waals surface area contributed by atoms with E-state index in [4.69, 9.17) is 4.74 Å². The van der Waals surface area contributed by atoms with E-state index in [9.17, 15) is 27.9 Å². The standard InChI is InChI=1S/C15H14F3N5O4/c1-27-9-4-11(14(25)26)22(6-9)13(24)10-7-23(21-20-10)12-3-2-8(5-19-12)15(16,17)18/h2-3,5,7,9,11H,4,6H2,1H3,(H,25,26). The summed E-state index contributed by atoms with van der Waals surface area (Å²) in [5, 5.41) is 16.6. The predicted octanol–water partition coefficient (Wildman–Crippen LogP) is 0.995. The van der Waals surface area contributed by atoms with Crippen LogP contribution >= 0.6 is 0 Å². The molecule has 0 aliphatic carbocycles. The van der Waals surface area contributed by atoms with E-state index in [2.05, 4.69) is 15.3 Å². The summed E-state index contributed by atoms with van der Waals surface area (Å²) >= 11 is 0. The number of carbonyl (C=O) groups excluding carboxylic acids is 1. The number of likely N-dealkylation sites (tertiary alicyclic amines) is 1. The Labute approximate surface area is 150 Å². The normalized spacial score (nSPS) is 20.1. The largest absolute Gasteiger partial charge is 0.480 e. The first kappa shape index (κ1) is 18.8. The van der Waals surface area contributed by atoms with Crippen molar-refractivity contribution in [1.82, 2.24) is 24.9 Å². The number of amides is 1. The lowest BCUT2D eigenvalue weighted by Gasteiger charge is -2.19. The molecule has 27 heavy (non-hydrogen) atoms. The molecule has 0 aromatic carbocycles. The summed E-state index contributed by atoms with van der Waals surface area (Å²) in [7, 11) is 1.42. The van der Waals surface area contributed by atoms with Crippen molar-refractivity contribution >= 4 is 11.9 Å². The Hall–Kier alpha value is -3.02. The Balaban J connectivity index is 1.81. The topological polar surface area (TPSA) is 110 Å². The highest BCUT2D eigenvalue weighted by molar-refractivity contribution is 5.95. The molecule has 0 bridgehead atoms. The van der Waals surface area contributed by atoms with Crippen LogP contribution in [0.1, 0.15) is 22.5 Å². The lowest BCUT2D eigenvalue weighted by atomic mass is 10.2. The molecule has 1 saturated heterocycles. The molecular formula is C15H14F3N5O4. The van der Waals surface area contributed by atoms with Gasteiger partial charge in [-0.05, 0) is 12.1 Å². The number of hydrogen-bond donors (Lipinski definition) is 1. The van der Waals surface area contributed by atoms with Crippen LogP contribution in [-0.2, 0) is 15.7 Å². The van der Waals surface area contributed by atoms with E-state index in [-0.39, 0.29) is 24.5 Å². The number of aliphatic carboxylic acids is 1. The van der Waals surface area contributed by atoms with Crippen molar-refractivity contribution in [2.24, 2.45) is 0 Å². The minimum absolute atomic E-state index is 0.0283. The number of pyridine rings is 1. The quantitative estimate of drug-likeness (QED) is 0.836.